The molecule has 21 heavy (non-hydrogen) atoms. The molecule has 0 aromatic carbocycles. The Kier molecular flexibility index (Phi) is 9.34. The first-order valence-electron chi connectivity index (χ1n) is 7.29. The van der Waals surface area contributed by atoms with Crippen molar-refractivity contribution in [1.82, 2.24) is 4.57 Å². The minimum absolute atomic E-state index is 0.250. The summed E-state index contributed by atoms with van der Waals surface area (Å²) in [5.74, 6) is 0. The van der Waals surface area contributed by atoms with Crippen LogP contribution in [0.25, 0.3) is 0 Å². The first kappa shape index (κ1) is 22.0. The van der Waals surface area contributed by atoms with Gasteiger partial charge >= 0.3 is 6.18 Å². The van der Waals surface area contributed by atoms with E-state index in [9.17, 15) is 18.0 Å². The van der Waals surface area contributed by atoms with Crippen LogP contribution in [0.3, 0.4) is 0 Å². The molecular formula is C16H28F3NO. The molecule has 0 unspecified atom stereocenters. The number of halogens is 3. The molecule has 1 aromatic rings. The molecule has 0 saturated heterocycles. The topological polar surface area (TPSA) is 22.0 Å². The Hall–Kier alpha value is -1.26. The molecule has 0 fully saturated rings. The Labute approximate surface area is 126 Å². The summed E-state index contributed by atoms with van der Waals surface area (Å²) in [5.41, 5.74) is -1.89. The number of alkyl halides is 3. The fourth-order valence-electron chi connectivity index (χ4n) is 1.62. The third-order valence-electron chi connectivity index (χ3n) is 2.17. The van der Waals surface area contributed by atoms with E-state index in [1.807, 2.05) is 48.5 Å². The van der Waals surface area contributed by atoms with E-state index in [1.165, 1.54) is 6.20 Å². The Balaban J connectivity index is 0. The number of hydrogen-bond acceptors (Lipinski definition) is 1. The molecule has 0 atom stereocenters. The van der Waals surface area contributed by atoms with Gasteiger partial charge in [-0.25, -0.2) is 0 Å². The van der Waals surface area contributed by atoms with Crippen molar-refractivity contribution in [2.75, 3.05) is 0 Å². The minimum Gasteiger partial charge on any atom is -0.314 e. The second-order valence-corrected chi connectivity index (χ2v) is 5.42. The SMILES string of the molecule is CC.CC.Cc1cc(C(F)(F)F)c(=O)n(CC(C)(C)C)c1. The maximum atomic E-state index is 12.6. The molecule has 0 saturated carbocycles. The van der Waals surface area contributed by atoms with Gasteiger partial charge in [-0.3, -0.25) is 4.79 Å². The number of aromatic nitrogens is 1. The molecule has 2 nitrogen and oxygen atoms in total. The van der Waals surface area contributed by atoms with Crippen molar-refractivity contribution in [3.8, 4) is 0 Å². The molecule has 1 heterocycles. The highest BCUT2D eigenvalue weighted by atomic mass is 19.4. The summed E-state index contributed by atoms with van der Waals surface area (Å²) >= 11 is 0. The van der Waals surface area contributed by atoms with Crippen molar-refractivity contribution in [3.05, 3.63) is 33.7 Å². The van der Waals surface area contributed by atoms with Gasteiger partial charge in [0.25, 0.3) is 5.56 Å². The second kappa shape index (κ2) is 8.90. The average Bonchev–Trinajstić information content (AvgIpc) is 2.35. The van der Waals surface area contributed by atoms with E-state index < -0.39 is 17.3 Å². The number of rotatable bonds is 1. The predicted molar refractivity (Wildman–Crippen MR) is 82.6 cm³/mol. The van der Waals surface area contributed by atoms with Crippen LogP contribution in [-0.2, 0) is 12.7 Å². The van der Waals surface area contributed by atoms with E-state index in [4.69, 9.17) is 0 Å². The Bertz CT molecular complexity index is 468. The van der Waals surface area contributed by atoms with Gasteiger partial charge < -0.3 is 4.57 Å². The van der Waals surface area contributed by atoms with Crippen LogP contribution in [-0.4, -0.2) is 4.57 Å². The molecule has 0 amide bonds. The zero-order valence-corrected chi connectivity index (χ0v) is 14.4. The minimum atomic E-state index is -4.59. The van der Waals surface area contributed by atoms with Crippen molar-refractivity contribution in [3.63, 3.8) is 0 Å². The summed E-state index contributed by atoms with van der Waals surface area (Å²) in [4.78, 5) is 11.7. The lowest BCUT2D eigenvalue weighted by atomic mass is 9.96. The highest BCUT2D eigenvalue weighted by Crippen LogP contribution is 2.27. The van der Waals surface area contributed by atoms with E-state index in [-0.39, 0.29) is 12.0 Å². The van der Waals surface area contributed by atoms with Gasteiger partial charge in [-0.2, -0.15) is 13.2 Å². The van der Waals surface area contributed by atoms with Crippen LogP contribution >= 0.6 is 0 Å². The lowest BCUT2D eigenvalue weighted by molar-refractivity contribution is -0.139. The molecule has 5 heteroatoms. The van der Waals surface area contributed by atoms with Crippen molar-refractivity contribution in [1.29, 1.82) is 0 Å². The molecule has 0 N–H and O–H groups in total. The maximum Gasteiger partial charge on any atom is 0.421 e. The molecule has 0 bridgehead atoms. The largest absolute Gasteiger partial charge is 0.421 e. The molecule has 0 aliphatic heterocycles. The molecule has 1 aromatic heterocycles. The summed E-state index contributed by atoms with van der Waals surface area (Å²) in [6.45, 7) is 15.4. The molecule has 0 aliphatic rings. The molecular weight excluding hydrogens is 279 g/mol. The summed E-state index contributed by atoms with van der Waals surface area (Å²) in [6.07, 6.45) is -3.13. The van der Waals surface area contributed by atoms with Crippen molar-refractivity contribution >= 4 is 0 Å². The predicted octanol–water partition coefficient (Wildman–Crippen LogP) is 5.27. The Morgan fingerprint density at radius 3 is 1.81 bits per heavy atom. The van der Waals surface area contributed by atoms with Gasteiger partial charge in [-0.05, 0) is 24.0 Å². The second-order valence-electron chi connectivity index (χ2n) is 5.42. The van der Waals surface area contributed by atoms with Crippen LogP contribution in [0, 0.1) is 12.3 Å². The van der Waals surface area contributed by atoms with Crippen LogP contribution in [0.5, 0.6) is 0 Å². The van der Waals surface area contributed by atoms with Crippen LogP contribution in [0.2, 0.25) is 0 Å². The van der Waals surface area contributed by atoms with Crippen molar-refractivity contribution in [2.24, 2.45) is 5.41 Å². The van der Waals surface area contributed by atoms with Gasteiger partial charge in [0.2, 0.25) is 0 Å². The van der Waals surface area contributed by atoms with Crippen LogP contribution in [0.4, 0.5) is 13.2 Å². The first-order valence-corrected chi connectivity index (χ1v) is 7.29. The van der Waals surface area contributed by atoms with Gasteiger partial charge in [-0.1, -0.05) is 48.5 Å². The molecule has 124 valence electrons. The van der Waals surface area contributed by atoms with Crippen LogP contribution < -0.4 is 5.56 Å². The van der Waals surface area contributed by atoms with E-state index in [2.05, 4.69) is 0 Å². The third kappa shape index (κ3) is 7.93. The Morgan fingerprint density at radius 2 is 1.48 bits per heavy atom. The lowest BCUT2D eigenvalue weighted by Gasteiger charge is -2.21. The van der Waals surface area contributed by atoms with Gasteiger partial charge in [0, 0.05) is 12.7 Å². The normalized spacial score (nSPS) is 11.0. The summed E-state index contributed by atoms with van der Waals surface area (Å²) in [7, 11) is 0. The monoisotopic (exact) mass is 307 g/mol. The lowest BCUT2D eigenvalue weighted by Crippen LogP contribution is -2.32. The van der Waals surface area contributed by atoms with Gasteiger partial charge in [-0.15, -0.1) is 0 Å². The number of hydrogen-bond donors (Lipinski definition) is 0. The van der Waals surface area contributed by atoms with Crippen molar-refractivity contribution in [2.45, 2.75) is 68.1 Å². The van der Waals surface area contributed by atoms with Crippen LogP contribution in [0.1, 0.15) is 59.6 Å². The highest BCUT2D eigenvalue weighted by Gasteiger charge is 2.35. The summed E-state index contributed by atoms with van der Waals surface area (Å²) < 4.78 is 39.0. The van der Waals surface area contributed by atoms with E-state index in [0.29, 0.717) is 5.56 Å². The average molecular weight is 307 g/mol. The zero-order chi connectivity index (χ0) is 17.4. The van der Waals surface area contributed by atoms with Crippen LogP contribution in [0.15, 0.2) is 17.1 Å². The quantitative estimate of drug-likeness (QED) is 0.692. The van der Waals surface area contributed by atoms with E-state index in [1.54, 1.807) is 6.92 Å². The fourth-order valence-corrected chi connectivity index (χ4v) is 1.62. The van der Waals surface area contributed by atoms with Crippen molar-refractivity contribution < 1.29 is 13.2 Å². The number of pyridine rings is 1. The van der Waals surface area contributed by atoms with Gasteiger partial charge in [0.15, 0.2) is 0 Å². The van der Waals surface area contributed by atoms with E-state index >= 15 is 0 Å². The molecule has 0 spiro atoms. The maximum absolute atomic E-state index is 12.6. The smallest absolute Gasteiger partial charge is 0.314 e. The molecule has 0 aliphatic carbocycles. The summed E-state index contributed by atoms with van der Waals surface area (Å²) in [6, 6.07) is 0.890. The van der Waals surface area contributed by atoms with E-state index in [0.717, 1.165) is 10.6 Å². The molecule has 1 rings (SSSR count). The zero-order valence-electron chi connectivity index (χ0n) is 14.4. The van der Waals surface area contributed by atoms with Gasteiger partial charge in [0.1, 0.15) is 5.56 Å². The fraction of sp³-hybridized carbons (Fsp3) is 0.688. The molecule has 0 radical (unpaired) electrons. The first-order chi connectivity index (χ1) is 9.50. The number of aryl methyl sites for hydroxylation is 1. The standard InChI is InChI=1S/C12H16F3NO.2C2H6/c1-8-5-9(12(13,14)15)10(17)16(6-8)7-11(2,3)4;2*1-2/h5-6H,7H2,1-4H3;2*1-2H3. The number of nitrogens with zero attached hydrogens (tertiary/aromatic N) is 1. The summed E-state index contributed by atoms with van der Waals surface area (Å²) in [5, 5.41) is 0. The Morgan fingerprint density at radius 1 is 1.05 bits per heavy atom. The van der Waals surface area contributed by atoms with Gasteiger partial charge in [0.05, 0.1) is 0 Å². The third-order valence-corrected chi connectivity index (χ3v) is 2.17. The highest BCUT2D eigenvalue weighted by molar-refractivity contribution is 5.20.